The van der Waals surface area contributed by atoms with Gasteiger partial charge in [0.05, 0.1) is 18.8 Å². The minimum atomic E-state index is -0.730. The van der Waals surface area contributed by atoms with E-state index in [0.29, 0.717) is 6.04 Å². The third-order valence-corrected chi connectivity index (χ3v) is 4.82. The van der Waals surface area contributed by atoms with Crippen LogP contribution < -0.4 is 0 Å². The predicted molar refractivity (Wildman–Crippen MR) is 72.8 cm³/mol. The molecule has 3 aliphatic rings. The number of aliphatic carboxylic acids is 1. The highest BCUT2D eigenvalue weighted by Crippen LogP contribution is 2.34. The molecule has 0 aromatic carbocycles. The van der Waals surface area contributed by atoms with Crippen molar-refractivity contribution in [2.45, 2.75) is 30.9 Å². The molecule has 0 radical (unpaired) electrons. The van der Waals surface area contributed by atoms with Crippen molar-refractivity contribution in [3.8, 4) is 0 Å². The number of carboxylic acids is 1. The first kappa shape index (κ1) is 14.3. The lowest BCUT2D eigenvalue weighted by Crippen LogP contribution is -2.55. The van der Waals surface area contributed by atoms with E-state index in [-0.39, 0.29) is 12.1 Å². The maximum Gasteiger partial charge on any atom is 0.317 e. The second kappa shape index (κ2) is 5.97. The highest BCUT2D eigenvalue weighted by Gasteiger charge is 2.42. The first-order valence-electron chi connectivity index (χ1n) is 7.57. The molecule has 3 heterocycles. The molecule has 114 valence electrons. The number of hydrogen-bond donors (Lipinski definition) is 1. The molecule has 3 rings (SSSR count). The van der Waals surface area contributed by atoms with E-state index in [4.69, 9.17) is 14.6 Å². The Morgan fingerprint density at radius 1 is 1.25 bits per heavy atom. The van der Waals surface area contributed by atoms with E-state index in [1.54, 1.807) is 0 Å². The Labute approximate surface area is 119 Å². The lowest BCUT2D eigenvalue weighted by molar-refractivity contribution is -0.139. The van der Waals surface area contributed by atoms with Crippen molar-refractivity contribution in [1.29, 1.82) is 0 Å². The van der Waals surface area contributed by atoms with E-state index in [1.807, 2.05) is 4.90 Å². The van der Waals surface area contributed by atoms with Crippen molar-refractivity contribution in [2.75, 3.05) is 52.5 Å². The van der Waals surface area contributed by atoms with Crippen LogP contribution in [0.5, 0.6) is 0 Å². The van der Waals surface area contributed by atoms with Crippen molar-refractivity contribution in [3.63, 3.8) is 0 Å². The molecule has 6 heteroatoms. The Hall–Kier alpha value is -0.690. The molecule has 20 heavy (non-hydrogen) atoms. The van der Waals surface area contributed by atoms with Crippen LogP contribution in [-0.4, -0.2) is 85.1 Å². The summed E-state index contributed by atoms with van der Waals surface area (Å²) >= 11 is 0. The smallest absolute Gasteiger partial charge is 0.317 e. The number of hydrogen-bond acceptors (Lipinski definition) is 5. The summed E-state index contributed by atoms with van der Waals surface area (Å²) in [5, 5.41) is 8.83. The van der Waals surface area contributed by atoms with Gasteiger partial charge in [-0.05, 0) is 12.8 Å². The van der Waals surface area contributed by atoms with Crippen LogP contribution in [0, 0.1) is 0 Å². The number of rotatable bonds is 3. The first-order chi connectivity index (χ1) is 9.67. The van der Waals surface area contributed by atoms with Gasteiger partial charge in [-0.3, -0.25) is 14.6 Å². The van der Waals surface area contributed by atoms with Crippen molar-refractivity contribution in [3.05, 3.63) is 0 Å². The van der Waals surface area contributed by atoms with E-state index in [0.717, 1.165) is 65.3 Å². The van der Waals surface area contributed by atoms with Crippen LogP contribution in [-0.2, 0) is 14.3 Å². The molecule has 0 aromatic heterocycles. The van der Waals surface area contributed by atoms with Crippen LogP contribution in [0.3, 0.4) is 0 Å². The van der Waals surface area contributed by atoms with Gasteiger partial charge in [0.1, 0.15) is 0 Å². The maximum atomic E-state index is 10.7. The van der Waals surface area contributed by atoms with Crippen LogP contribution in [0.2, 0.25) is 0 Å². The van der Waals surface area contributed by atoms with E-state index >= 15 is 0 Å². The van der Waals surface area contributed by atoms with E-state index in [2.05, 4.69) is 4.90 Å². The van der Waals surface area contributed by atoms with Gasteiger partial charge in [0.25, 0.3) is 0 Å². The van der Waals surface area contributed by atoms with Crippen molar-refractivity contribution in [2.24, 2.45) is 0 Å². The van der Waals surface area contributed by atoms with Crippen LogP contribution in [0.25, 0.3) is 0 Å². The van der Waals surface area contributed by atoms with Crippen molar-refractivity contribution < 1.29 is 19.4 Å². The van der Waals surface area contributed by atoms with E-state index in [1.165, 1.54) is 0 Å². The van der Waals surface area contributed by atoms with Gasteiger partial charge in [0.2, 0.25) is 0 Å². The third-order valence-electron chi connectivity index (χ3n) is 4.82. The number of piperazine rings is 1. The normalized spacial score (nSPS) is 36.5. The van der Waals surface area contributed by atoms with Crippen molar-refractivity contribution >= 4 is 5.97 Å². The average molecular weight is 284 g/mol. The lowest BCUT2D eigenvalue weighted by atomic mass is 9.88. The molecular formula is C14H24N2O4. The van der Waals surface area contributed by atoms with Crippen LogP contribution in [0.4, 0.5) is 0 Å². The van der Waals surface area contributed by atoms with Gasteiger partial charge in [0.15, 0.2) is 0 Å². The Morgan fingerprint density at radius 3 is 2.70 bits per heavy atom. The summed E-state index contributed by atoms with van der Waals surface area (Å²) in [5.41, 5.74) is -0.0406. The molecule has 2 unspecified atom stereocenters. The molecule has 0 aromatic rings. The van der Waals surface area contributed by atoms with Crippen LogP contribution >= 0.6 is 0 Å². The molecule has 3 aliphatic heterocycles. The Balaban J connectivity index is 1.51. The average Bonchev–Trinajstić information content (AvgIpc) is 2.87. The number of nitrogens with zero attached hydrogens (tertiary/aromatic N) is 2. The van der Waals surface area contributed by atoms with Gasteiger partial charge < -0.3 is 14.6 Å². The van der Waals surface area contributed by atoms with Crippen LogP contribution in [0.15, 0.2) is 0 Å². The van der Waals surface area contributed by atoms with Gasteiger partial charge in [-0.1, -0.05) is 0 Å². The zero-order valence-electron chi connectivity index (χ0n) is 11.9. The molecule has 1 N–H and O–H groups in total. The zero-order chi connectivity index (χ0) is 14.0. The molecule has 0 amide bonds. The highest BCUT2D eigenvalue weighted by molar-refractivity contribution is 5.69. The molecule has 0 bridgehead atoms. The summed E-state index contributed by atoms with van der Waals surface area (Å²) in [7, 11) is 0. The second-order valence-electron chi connectivity index (χ2n) is 6.19. The summed E-state index contributed by atoms with van der Waals surface area (Å²) < 4.78 is 11.5. The Morgan fingerprint density at radius 2 is 2.05 bits per heavy atom. The van der Waals surface area contributed by atoms with Gasteiger partial charge in [0, 0.05) is 51.9 Å². The predicted octanol–water partition coefficient (Wildman–Crippen LogP) is 0.0267. The largest absolute Gasteiger partial charge is 0.480 e. The second-order valence-corrected chi connectivity index (χ2v) is 6.19. The Bertz CT molecular complexity index is 349. The van der Waals surface area contributed by atoms with E-state index in [9.17, 15) is 4.79 Å². The summed E-state index contributed by atoms with van der Waals surface area (Å²) in [6.45, 7) is 6.19. The zero-order valence-corrected chi connectivity index (χ0v) is 11.9. The molecule has 0 aliphatic carbocycles. The highest BCUT2D eigenvalue weighted by atomic mass is 16.6. The molecular weight excluding hydrogens is 260 g/mol. The molecule has 3 saturated heterocycles. The minimum absolute atomic E-state index is 0.0406. The first-order valence-corrected chi connectivity index (χ1v) is 7.57. The summed E-state index contributed by atoms with van der Waals surface area (Å²) in [6.07, 6.45) is 3.16. The maximum absolute atomic E-state index is 10.7. The van der Waals surface area contributed by atoms with Crippen molar-refractivity contribution in [1.82, 2.24) is 9.80 Å². The fourth-order valence-electron chi connectivity index (χ4n) is 3.65. The monoisotopic (exact) mass is 284 g/mol. The van der Waals surface area contributed by atoms with Gasteiger partial charge in [-0.25, -0.2) is 0 Å². The van der Waals surface area contributed by atoms with Gasteiger partial charge in [-0.2, -0.15) is 0 Å². The number of ether oxygens (including phenoxy) is 2. The van der Waals surface area contributed by atoms with Gasteiger partial charge in [-0.15, -0.1) is 0 Å². The van der Waals surface area contributed by atoms with Crippen LogP contribution in [0.1, 0.15) is 19.3 Å². The van der Waals surface area contributed by atoms with E-state index < -0.39 is 5.97 Å². The fourth-order valence-corrected chi connectivity index (χ4v) is 3.65. The fraction of sp³-hybridized carbons (Fsp3) is 0.929. The summed E-state index contributed by atoms with van der Waals surface area (Å²) in [6, 6.07) is 0.567. The molecule has 0 saturated carbocycles. The summed E-state index contributed by atoms with van der Waals surface area (Å²) in [4.78, 5) is 15.3. The quantitative estimate of drug-likeness (QED) is 0.789. The minimum Gasteiger partial charge on any atom is -0.480 e. The Kier molecular flexibility index (Phi) is 4.26. The number of carbonyl (C=O) groups is 1. The molecule has 6 nitrogen and oxygen atoms in total. The molecule has 3 fully saturated rings. The SMILES string of the molecule is O=C(O)CN1CCN(C2CCOC3(CCOC3)C2)CC1. The third kappa shape index (κ3) is 3.14. The summed E-state index contributed by atoms with van der Waals surface area (Å²) in [5.74, 6) is -0.730. The standard InChI is InChI=1S/C14H24N2O4/c17-13(18)10-15-3-5-16(6-4-15)12-1-7-20-14(9-12)2-8-19-11-14/h12H,1-11H2,(H,17,18). The molecule has 2 atom stereocenters. The molecule has 1 spiro atoms. The van der Waals surface area contributed by atoms with Gasteiger partial charge >= 0.3 is 5.97 Å². The number of carboxylic acid groups (broad SMARTS) is 1. The lowest BCUT2D eigenvalue weighted by Gasteiger charge is -2.45. The topological polar surface area (TPSA) is 62.2 Å².